The summed E-state index contributed by atoms with van der Waals surface area (Å²) >= 11 is 0. The Morgan fingerprint density at radius 1 is 0.914 bits per heavy atom. The predicted octanol–water partition coefficient (Wildman–Crippen LogP) is 4.04. The predicted molar refractivity (Wildman–Crippen MR) is 143 cm³/mol. The molecule has 2 aromatic carbocycles. The highest BCUT2D eigenvalue weighted by molar-refractivity contribution is 6.99. The summed E-state index contributed by atoms with van der Waals surface area (Å²) in [6, 6.07) is 19.4. The van der Waals surface area contributed by atoms with Crippen LogP contribution in [0.1, 0.15) is 55.4 Å². The number of benzene rings is 2. The van der Waals surface area contributed by atoms with E-state index in [9.17, 15) is 14.7 Å². The second-order valence-electron chi connectivity index (χ2n) is 11.1. The fraction of sp³-hybridized carbons (Fsp3) is 0.500. The number of ether oxygens (including phenoxy) is 1. The molecule has 1 amide bonds. The molecule has 0 spiro atoms. The summed E-state index contributed by atoms with van der Waals surface area (Å²) < 4.78 is 12.3. The number of aliphatic hydroxyl groups excluding tert-OH is 1. The molecule has 2 N–H and O–H groups in total. The summed E-state index contributed by atoms with van der Waals surface area (Å²) in [6.45, 7) is 14.9. The minimum atomic E-state index is -2.91. The molecule has 3 atom stereocenters. The molecule has 0 aliphatic rings. The van der Waals surface area contributed by atoms with Crippen molar-refractivity contribution in [3.63, 3.8) is 0 Å². The Hall–Kier alpha value is -2.48. The van der Waals surface area contributed by atoms with Crippen molar-refractivity contribution in [1.82, 2.24) is 5.32 Å². The molecule has 6 nitrogen and oxygen atoms in total. The average Bonchev–Trinajstić information content (AvgIpc) is 2.77. The van der Waals surface area contributed by atoms with Crippen LogP contribution in [-0.4, -0.2) is 49.7 Å². The standard InChI is InChI=1S/C28H41NO5Si/c1-20(21(2)30)25(31)24(29-26(32)34-27(3,4)5)19-33-35(28(6,7)8,22-15-11-9-12-16-22)23-17-13-10-14-18-23/h9-18,20,24-25,31H,19H2,1-8H3,(H,29,32)/t20-,24+,25+/m1/s1. The lowest BCUT2D eigenvalue weighted by Crippen LogP contribution is -2.68. The smallest absolute Gasteiger partial charge is 0.408 e. The zero-order chi connectivity index (χ0) is 26.4. The maximum Gasteiger partial charge on any atom is 0.408 e. The first-order valence-electron chi connectivity index (χ1n) is 12.1. The Labute approximate surface area is 211 Å². The van der Waals surface area contributed by atoms with E-state index in [2.05, 4.69) is 50.4 Å². The van der Waals surface area contributed by atoms with Gasteiger partial charge in [-0.15, -0.1) is 0 Å². The summed E-state index contributed by atoms with van der Waals surface area (Å²) in [5.74, 6) is -0.850. The quantitative estimate of drug-likeness (QED) is 0.509. The van der Waals surface area contributed by atoms with Crippen LogP contribution < -0.4 is 15.7 Å². The van der Waals surface area contributed by atoms with Gasteiger partial charge in [0.15, 0.2) is 0 Å². The fourth-order valence-corrected chi connectivity index (χ4v) is 8.83. The van der Waals surface area contributed by atoms with Gasteiger partial charge in [0.1, 0.15) is 11.4 Å². The lowest BCUT2D eigenvalue weighted by Gasteiger charge is -2.44. The fourth-order valence-electron chi connectivity index (χ4n) is 4.25. The number of alkyl carbamates (subject to hydrolysis) is 1. The first-order valence-corrected chi connectivity index (χ1v) is 14.0. The van der Waals surface area contributed by atoms with Gasteiger partial charge in [-0.05, 0) is 43.1 Å². The van der Waals surface area contributed by atoms with Crippen molar-refractivity contribution in [2.75, 3.05) is 6.61 Å². The molecule has 0 aliphatic heterocycles. The number of ketones is 1. The van der Waals surface area contributed by atoms with Gasteiger partial charge >= 0.3 is 6.09 Å². The Balaban J connectivity index is 2.52. The first kappa shape index (κ1) is 28.8. The van der Waals surface area contributed by atoms with Gasteiger partial charge in [-0.1, -0.05) is 88.4 Å². The Kier molecular flexibility index (Phi) is 9.45. The number of rotatable bonds is 9. The Morgan fingerprint density at radius 2 is 1.37 bits per heavy atom. The molecule has 7 heteroatoms. The van der Waals surface area contributed by atoms with Crippen molar-refractivity contribution in [2.45, 2.75) is 78.2 Å². The van der Waals surface area contributed by atoms with E-state index in [0.29, 0.717) is 0 Å². The summed E-state index contributed by atoms with van der Waals surface area (Å²) in [5, 5.41) is 15.7. The van der Waals surface area contributed by atoms with Gasteiger partial charge in [-0.25, -0.2) is 4.79 Å². The number of amides is 1. The molecular weight excluding hydrogens is 458 g/mol. The molecule has 2 aromatic rings. The SMILES string of the molecule is CC(=O)[C@@H](C)[C@H](O)[C@H](CO[Si](c1ccccc1)(c1ccccc1)C(C)(C)C)NC(=O)OC(C)(C)C. The highest BCUT2D eigenvalue weighted by Gasteiger charge is 2.50. The third kappa shape index (κ3) is 7.26. The number of nitrogens with one attached hydrogen (secondary N) is 1. The largest absolute Gasteiger partial charge is 0.444 e. The maximum atomic E-state index is 12.7. The third-order valence-electron chi connectivity index (χ3n) is 6.16. The molecule has 0 saturated carbocycles. The van der Waals surface area contributed by atoms with Gasteiger partial charge in [0, 0.05) is 5.92 Å². The van der Waals surface area contributed by atoms with Crippen molar-refractivity contribution in [3.05, 3.63) is 60.7 Å². The van der Waals surface area contributed by atoms with Crippen molar-refractivity contribution >= 4 is 30.6 Å². The monoisotopic (exact) mass is 499 g/mol. The van der Waals surface area contributed by atoms with Crippen LogP contribution in [-0.2, 0) is 14.0 Å². The van der Waals surface area contributed by atoms with Crippen LogP contribution in [0.3, 0.4) is 0 Å². The molecule has 0 unspecified atom stereocenters. The third-order valence-corrected chi connectivity index (χ3v) is 11.2. The summed E-state index contributed by atoms with van der Waals surface area (Å²) in [7, 11) is -2.91. The van der Waals surface area contributed by atoms with Crippen molar-refractivity contribution < 1.29 is 23.9 Å². The molecule has 0 bridgehead atoms. The summed E-state index contributed by atoms with van der Waals surface area (Å²) in [6.07, 6.45) is -1.80. The van der Waals surface area contributed by atoms with E-state index in [4.69, 9.17) is 9.16 Å². The number of aliphatic hydroxyl groups is 1. The Morgan fingerprint density at radius 3 is 1.74 bits per heavy atom. The van der Waals surface area contributed by atoms with Crippen LogP contribution in [0.5, 0.6) is 0 Å². The van der Waals surface area contributed by atoms with Gasteiger partial charge in [-0.2, -0.15) is 0 Å². The summed E-state index contributed by atoms with van der Waals surface area (Å²) in [4.78, 5) is 24.7. The molecule has 0 fully saturated rings. The van der Waals surface area contributed by atoms with Gasteiger partial charge in [0.2, 0.25) is 0 Å². The van der Waals surface area contributed by atoms with Crippen LogP contribution in [0, 0.1) is 5.92 Å². The van der Waals surface area contributed by atoms with E-state index in [1.54, 1.807) is 27.7 Å². The number of carbonyl (C=O) groups is 2. The average molecular weight is 500 g/mol. The zero-order valence-electron chi connectivity index (χ0n) is 22.3. The lowest BCUT2D eigenvalue weighted by molar-refractivity contribution is -0.124. The Bertz CT molecular complexity index is 927. The van der Waals surface area contributed by atoms with Gasteiger partial charge in [0.05, 0.1) is 18.8 Å². The van der Waals surface area contributed by atoms with E-state index in [1.165, 1.54) is 6.92 Å². The molecule has 0 heterocycles. The van der Waals surface area contributed by atoms with Gasteiger partial charge < -0.3 is 19.6 Å². The highest BCUT2D eigenvalue weighted by atomic mass is 28.4. The molecule has 0 aliphatic carbocycles. The van der Waals surface area contributed by atoms with Crippen molar-refractivity contribution in [3.8, 4) is 0 Å². The van der Waals surface area contributed by atoms with E-state index in [0.717, 1.165) is 10.4 Å². The first-order chi connectivity index (χ1) is 16.2. The molecule has 192 valence electrons. The van der Waals surface area contributed by atoms with E-state index in [-0.39, 0.29) is 17.4 Å². The number of hydrogen-bond donors (Lipinski definition) is 2. The second kappa shape index (κ2) is 11.5. The van der Waals surface area contributed by atoms with Gasteiger partial charge in [-0.3, -0.25) is 4.79 Å². The van der Waals surface area contributed by atoms with Gasteiger partial charge in [0.25, 0.3) is 8.32 Å². The molecule has 0 aromatic heterocycles. The molecule has 0 radical (unpaired) electrons. The van der Waals surface area contributed by atoms with Crippen LogP contribution >= 0.6 is 0 Å². The van der Waals surface area contributed by atoms with Crippen LogP contribution in [0.4, 0.5) is 4.79 Å². The van der Waals surface area contributed by atoms with Crippen LogP contribution in [0.15, 0.2) is 60.7 Å². The minimum absolute atomic E-state index is 0.0192. The topological polar surface area (TPSA) is 84.9 Å². The summed E-state index contributed by atoms with van der Waals surface area (Å²) in [5.41, 5.74) is -0.704. The molecule has 2 rings (SSSR count). The second-order valence-corrected chi connectivity index (χ2v) is 15.4. The zero-order valence-corrected chi connectivity index (χ0v) is 23.3. The minimum Gasteiger partial charge on any atom is -0.444 e. The number of carbonyl (C=O) groups excluding carboxylic acids is 2. The molecule has 0 saturated heterocycles. The maximum absolute atomic E-state index is 12.7. The normalized spacial score (nSPS) is 15.1. The van der Waals surface area contributed by atoms with E-state index in [1.807, 2.05) is 36.4 Å². The lowest BCUT2D eigenvalue weighted by atomic mass is 9.95. The van der Waals surface area contributed by atoms with E-state index < -0.39 is 38.1 Å². The number of Topliss-reactive ketones (excluding diaryl/α,β-unsaturated/α-hetero) is 1. The highest BCUT2D eigenvalue weighted by Crippen LogP contribution is 2.37. The molecular formula is C28H41NO5Si. The van der Waals surface area contributed by atoms with Crippen LogP contribution in [0.25, 0.3) is 0 Å². The van der Waals surface area contributed by atoms with E-state index >= 15 is 0 Å². The van der Waals surface area contributed by atoms with Crippen molar-refractivity contribution in [1.29, 1.82) is 0 Å². The van der Waals surface area contributed by atoms with Crippen LogP contribution in [0.2, 0.25) is 5.04 Å². The number of hydrogen-bond acceptors (Lipinski definition) is 5. The molecule has 35 heavy (non-hydrogen) atoms. The van der Waals surface area contributed by atoms with Crippen molar-refractivity contribution in [2.24, 2.45) is 5.92 Å².